The summed E-state index contributed by atoms with van der Waals surface area (Å²) in [5.74, 6) is -0.757. The largest absolute Gasteiger partial charge is 0.369 e. The van der Waals surface area contributed by atoms with Crippen molar-refractivity contribution >= 4 is 23.2 Å². The van der Waals surface area contributed by atoms with E-state index in [0.29, 0.717) is 13.1 Å². The van der Waals surface area contributed by atoms with Gasteiger partial charge in [0.25, 0.3) is 0 Å². The number of aromatic nitrogens is 1. The Morgan fingerprint density at radius 2 is 2.53 bits per heavy atom. The van der Waals surface area contributed by atoms with E-state index in [1.165, 1.54) is 11.3 Å². The van der Waals surface area contributed by atoms with Gasteiger partial charge >= 0.3 is 0 Å². The minimum atomic E-state index is -0.399. The first-order chi connectivity index (χ1) is 7.16. The van der Waals surface area contributed by atoms with Crippen molar-refractivity contribution in [3.63, 3.8) is 0 Å². The summed E-state index contributed by atoms with van der Waals surface area (Å²) in [5, 5.41) is 1.89. The zero-order valence-electron chi connectivity index (χ0n) is 8.05. The van der Waals surface area contributed by atoms with Crippen LogP contribution in [0.25, 0.3) is 0 Å². The van der Waals surface area contributed by atoms with Crippen molar-refractivity contribution in [2.24, 2.45) is 11.7 Å². The van der Waals surface area contributed by atoms with Crippen molar-refractivity contribution in [1.29, 1.82) is 0 Å². The quantitative estimate of drug-likeness (QED) is 0.785. The lowest BCUT2D eigenvalue weighted by atomic mass is 10.1. The summed E-state index contributed by atoms with van der Waals surface area (Å²) in [6.07, 6.45) is 0.236. The second-order valence-electron chi connectivity index (χ2n) is 3.56. The Kier molecular flexibility index (Phi) is 2.68. The molecule has 2 rings (SSSR count). The SMILES string of the molecule is NC(=O)C1CC(=O)N(Cc2cscn2)C1. The van der Waals surface area contributed by atoms with Crippen LogP contribution >= 0.6 is 11.3 Å². The number of amides is 2. The van der Waals surface area contributed by atoms with Crippen LogP contribution in [-0.2, 0) is 16.1 Å². The molecule has 0 aliphatic carbocycles. The number of primary amides is 1. The molecule has 1 fully saturated rings. The number of likely N-dealkylation sites (tertiary alicyclic amines) is 1. The minimum Gasteiger partial charge on any atom is -0.369 e. The van der Waals surface area contributed by atoms with Crippen LogP contribution in [0.4, 0.5) is 0 Å². The zero-order valence-corrected chi connectivity index (χ0v) is 8.87. The third kappa shape index (κ3) is 2.15. The van der Waals surface area contributed by atoms with Gasteiger partial charge in [0.2, 0.25) is 11.8 Å². The molecular weight excluding hydrogens is 214 g/mol. The van der Waals surface area contributed by atoms with Gasteiger partial charge in [-0.1, -0.05) is 0 Å². The zero-order chi connectivity index (χ0) is 10.8. The van der Waals surface area contributed by atoms with E-state index in [9.17, 15) is 9.59 Å². The van der Waals surface area contributed by atoms with Gasteiger partial charge in [-0.3, -0.25) is 9.59 Å². The molecule has 1 aliphatic heterocycles. The molecule has 6 heteroatoms. The summed E-state index contributed by atoms with van der Waals surface area (Å²) in [7, 11) is 0. The third-order valence-electron chi connectivity index (χ3n) is 2.45. The van der Waals surface area contributed by atoms with E-state index in [1.807, 2.05) is 5.38 Å². The number of carbonyl (C=O) groups is 2. The van der Waals surface area contributed by atoms with Crippen LogP contribution in [0.1, 0.15) is 12.1 Å². The summed E-state index contributed by atoms with van der Waals surface area (Å²) >= 11 is 1.49. The Morgan fingerprint density at radius 1 is 1.73 bits per heavy atom. The number of carbonyl (C=O) groups excluding carboxylic acids is 2. The highest BCUT2D eigenvalue weighted by Gasteiger charge is 2.33. The fourth-order valence-corrected chi connectivity index (χ4v) is 2.18. The fraction of sp³-hybridized carbons (Fsp3) is 0.444. The highest BCUT2D eigenvalue weighted by atomic mass is 32.1. The number of thiazole rings is 1. The van der Waals surface area contributed by atoms with Crippen molar-refractivity contribution in [3.05, 3.63) is 16.6 Å². The van der Waals surface area contributed by atoms with E-state index in [1.54, 1.807) is 10.4 Å². The maximum Gasteiger partial charge on any atom is 0.223 e. The van der Waals surface area contributed by atoms with Crippen LogP contribution in [0.3, 0.4) is 0 Å². The van der Waals surface area contributed by atoms with Crippen LogP contribution in [0.2, 0.25) is 0 Å². The van der Waals surface area contributed by atoms with Crippen LogP contribution in [0.15, 0.2) is 10.9 Å². The van der Waals surface area contributed by atoms with Crippen LogP contribution in [0, 0.1) is 5.92 Å². The predicted octanol–water partition coefficient (Wildman–Crippen LogP) is -0.0231. The molecule has 0 radical (unpaired) electrons. The molecule has 0 bridgehead atoms. The normalized spacial score (nSPS) is 20.9. The second-order valence-corrected chi connectivity index (χ2v) is 4.28. The van der Waals surface area contributed by atoms with Crippen molar-refractivity contribution in [1.82, 2.24) is 9.88 Å². The molecule has 1 aromatic heterocycles. The van der Waals surface area contributed by atoms with E-state index in [4.69, 9.17) is 5.73 Å². The molecule has 1 aliphatic rings. The molecule has 5 nitrogen and oxygen atoms in total. The van der Waals surface area contributed by atoms with Crippen molar-refractivity contribution < 1.29 is 9.59 Å². The molecule has 0 aromatic carbocycles. The molecule has 1 aromatic rings. The standard InChI is InChI=1S/C9H11N3O2S/c10-9(14)6-1-8(13)12(2-6)3-7-4-15-5-11-7/h4-6H,1-3H2,(H2,10,14). The molecule has 0 spiro atoms. The predicted molar refractivity (Wildman–Crippen MR) is 54.8 cm³/mol. The molecule has 80 valence electrons. The van der Waals surface area contributed by atoms with E-state index in [-0.39, 0.29) is 18.2 Å². The highest BCUT2D eigenvalue weighted by molar-refractivity contribution is 7.07. The Labute approximate surface area is 90.9 Å². The molecule has 2 heterocycles. The van der Waals surface area contributed by atoms with E-state index in [2.05, 4.69) is 4.98 Å². The summed E-state index contributed by atoms with van der Waals surface area (Å²) in [4.78, 5) is 28.2. The first-order valence-corrected chi connectivity index (χ1v) is 5.55. The maximum absolute atomic E-state index is 11.5. The van der Waals surface area contributed by atoms with Gasteiger partial charge in [-0.05, 0) is 0 Å². The lowest BCUT2D eigenvalue weighted by molar-refractivity contribution is -0.128. The Morgan fingerprint density at radius 3 is 3.07 bits per heavy atom. The van der Waals surface area contributed by atoms with Gasteiger partial charge in [-0.15, -0.1) is 11.3 Å². The van der Waals surface area contributed by atoms with Crippen molar-refractivity contribution in [2.75, 3.05) is 6.54 Å². The third-order valence-corrected chi connectivity index (χ3v) is 3.09. The van der Waals surface area contributed by atoms with Crippen molar-refractivity contribution in [2.45, 2.75) is 13.0 Å². The minimum absolute atomic E-state index is 0.0215. The average Bonchev–Trinajstić information content (AvgIpc) is 2.77. The molecule has 0 saturated carbocycles. The number of hydrogen-bond donors (Lipinski definition) is 1. The van der Waals surface area contributed by atoms with Gasteiger partial charge in [0.05, 0.1) is 23.7 Å². The highest BCUT2D eigenvalue weighted by Crippen LogP contribution is 2.19. The number of rotatable bonds is 3. The molecule has 1 unspecified atom stereocenters. The Balaban J connectivity index is 2.00. The van der Waals surface area contributed by atoms with Gasteiger partial charge < -0.3 is 10.6 Å². The van der Waals surface area contributed by atoms with E-state index >= 15 is 0 Å². The smallest absolute Gasteiger partial charge is 0.223 e. The lowest BCUT2D eigenvalue weighted by Crippen LogP contribution is -2.28. The van der Waals surface area contributed by atoms with Gasteiger partial charge in [0.15, 0.2) is 0 Å². The Bertz CT molecular complexity index is 377. The van der Waals surface area contributed by atoms with E-state index in [0.717, 1.165) is 5.69 Å². The van der Waals surface area contributed by atoms with Gasteiger partial charge in [0, 0.05) is 18.3 Å². The first-order valence-electron chi connectivity index (χ1n) is 4.61. The molecule has 15 heavy (non-hydrogen) atoms. The topological polar surface area (TPSA) is 76.3 Å². The summed E-state index contributed by atoms with van der Waals surface area (Å²) in [6, 6.07) is 0. The van der Waals surface area contributed by atoms with Crippen LogP contribution in [0.5, 0.6) is 0 Å². The molecule has 2 N–H and O–H groups in total. The summed E-state index contributed by atoms with van der Waals surface area (Å²) in [5.41, 5.74) is 7.75. The fourth-order valence-electron chi connectivity index (χ4n) is 1.63. The molecular formula is C9H11N3O2S. The van der Waals surface area contributed by atoms with Gasteiger partial charge in [-0.25, -0.2) is 4.98 Å². The monoisotopic (exact) mass is 225 g/mol. The summed E-state index contributed by atoms with van der Waals surface area (Å²) < 4.78 is 0. The molecule has 1 saturated heterocycles. The van der Waals surface area contributed by atoms with Crippen molar-refractivity contribution in [3.8, 4) is 0 Å². The molecule has 2 amide bonds. The van der Waals surface area contributed by atoms with E-state index < -0.39 is 5.91 Å². The average molecular weight is 225 g/mol. The molecule has 1 atom stereocenters. The number of nitrogens with two attached hydrogens (primary N) is 1. The first kappa shape index (κ1) is 10.1. The maximum atomic E-state index is 11.5. The summed E-state index contributed by atoms with van der Waals surface area (Å²) in [6.45, 7) is 0.901. The van der Waals surface area contributed by atoms with Crippen LogP contribution in [-0.4, -0.2) is 28.2 Å². The van der Waals surface area contributed by atoms with Gasteiger partial charge in [0.1, 0.15) is 0 Å². The second kappa shape index (κ2) is 3.98. The number of hydrogen-bond acceptors (Lipinski definition) is 4. The number of nitrogens with zero attached hydrogens (tertiary/aromatic N) is 2. The van der Waals surface area contributed by atoms with Crippen LogP contribution < -0.4 is 5.73 Å². The Hall–Kier alpha value is -1.43. The van der Waals surface area contributed by atoms with Gasteiger partial charge in [-0.2, -0.15) is 0 Å². The lowest BCUT2D eigenvalue weighted by Gasteiger charge is -2.13.